The number of nitrogens with one attached hydrogen (secondary N) is 1. The van der Waals surface area contributed by atoms with Gasteiger partial charge in [0.1, 0.15) is 5.82 Å². The standard InChI is InChI=1S/C12H11Br2N3/c13-9-5-11(14)12(17-7-9)16-6-8-2-1-3-10(15)4-8/h1-5,7H,6,15H2,(H,16,17). The van der Waals surface area contributed by atoms with E-state index in [4.69, 9.17) is 5.73 Å². The van der Waals surface area contributed by atoms with Gasteiger partial charge in [0.2, 0.25) is 0 Å². The highest BCUT2D eigenvalue weighted by molar-refractivity contribution is 9.11. The second-order valence-electron chi connectivity index (χ2n) is 3.58. The van der Waals surface area contributed by atoms with E-state index in [1.807, 2.05) is 30.3 Å². The summed E-state index contributed by atoms with van der Waals surface area (Å²) in [6, 6.07) is 9.73. The van der Waals surface area contributed by atoms with Crippen molar-refractivity contribution >= 4 is 43.4 Å². The molecule has 0 aliphatic heterocycles. The molecule has 0 amide bonds. The lowest BCUT2D eigenvalue weighted by atomic mass is 10.2. The van der Waals surface area contributed by atoms with E-state index in [2.05, 4.69) is 42.2 Å². The van der Waals surface area contributed by atoms with Crippen LogP contribution >= 0.6 is 31.9 Å². The van der Waals surface area contributed by atoms with Gasteiger partial charge >= 0.3 is 0 Å². The van der Waals surface area contributed by atoms with E-state index < -0.39 is 0 Å². The molecule has 0 bridgehead atoms. The maximum atomic E-state index is 5.72. The molecule has 1 aromatic heterocycles. The molecule has 2 aromatic rings. The van der Waals surface area contributed by atoms with E-state index in [1.54, 1.807) is 6.20 Å². The molecule has 1 heterocycles. The SMILES string of the molecule is Nc1cccc(CNc2ncc(Br)cc2Br)c1. The number of nitrogens with zero attached hydrogens (tertiary/aromatic N) is 1. The van der Waals surface area contributed by atoms with Crippen LogP contribution in [-0.2, 0) is 6.54 Å². The number of hydrogen-bond donors (Lipinski definition) is 2. The molecule has 0 saturated carbocycles. The Bertz CT molecular complexity index is 529. The lowest BCUT2D eigenvalue weighted by Gasteiger charge is -2.08. The number of anilines is 2. The lowest BCUT2D eigenvalue weighted by Crippen LogP contribution is -2.02. The highest BCUT2D eigenvalue weighted by atomic mass is 79.9. The van der Waals surface area contributed by atoms with Crippen LogP contribution in [0.3, 0.4) is 0 Å². The van der Waals surface area contributed by atoms with Gasteiger partial charge in [-0.15, -0.1) is 0 Å². The van der Waals surface area contributed by atoms with Gasteiger partial charge in [-0.1, -0.05) is 12.1 Å². The largest absolute Gasteiger partial charge is 0.399 e. The summed E-state index contributed by atoms with van der Waals surface area (Å²) >= 11 is 6.82. The van der Waals surface area contributed by atoms with Crippen molar-refractivity contribution in [2.24, 2.45) is 0 Å². The molecule has 0 saturated heterocycles. The molecule has 0 spiro atoms. The Labute approximate surface area is 117 Å². The van der Waals surface area contributed by atoms with Crippen molar-refractivity contribution < 1.29 is 0 Å². The van der Waals surface area contributed by atoms with Crippen LogP contribution < -0.4 is 11.1 Å². The van der Waals surface area contributed by atoms with E-state index in [-0.39, 0.29) is 0 Å². The third-order valence-electron chi connectivity index (χ3n) is 2.22. The fourth-order valence-corrected chi connectivity index (χ4v) is 2.56. The maximum Gasteiger partial charge on any atom is 0.140 e. The summed E-state index contributed by atoms with van der Waals surface area (Å²) in [7, 11) is 0. The van der Waals surface area contributed by atoms with E-state index in [0.717, 1.165) is 26.0 Å². The Kier molecular flexibility index (Phi) is 4.02. The van der Waals surface area contributed by atoms with Crippen molar-refractivity contribution in [3.05, 3.63) is 51.0 Å². The molecule has 5 heteroatoms. The Hall–Kier alpha value is -1.07. The quantitative estimate of drug-likeness (QED) is 0.822. The Morgan fingerprint density at radius 3 is 2.76 bits per heavy atom. The van der Waals surface area contributed by atoms with Gasteiger partial charge in [-0.2, -0.15) is 0 Å². The number of aromatic nitrogens is 1. The predicted octanol–water partition coefficient (Wildman–Crippen LogP) is 3.80. The molecule has 0 radical (unpaired) electrons. The predicted molar refractivity (Wildman–Crippen MR) is 77.8 cm³/mol. The number of benzene rings is 1. The second-order valence-corrected chi connectivity index (χ2v) is 5.35. The first-order chi connectivity index (χ1) is 8.15. The first-order valence-corrected chi connectivity index (χ1v) is 6.63. The van der Waals surface area contributed by atoms with Crippen LogP contribution in [0.1, 0.15) is 5.56 Å². The normalized spacial score (nSPS) is 10.2. The number of rotatable bonds is 3. The lowest BCUT2D eigenvalue weighted by molar-refractivity contribution is 1.10. The van der Waals surface area contributed by atoms with Gasteiger partial charge < -0.3 is 11.1 Å². The minimum atomic E-state index is 0.693. The molecule has 88 valence electrons. The fourth-order valence-electron chi connectivity index (χ4n) is 1.43. The van der Waals surface area contributed by atoms with Crippen LogP contribution in [0, 0.1) is 0 Å². The van der Waals surface area contributed by atoms with Gasteiger partial charge in [0.05, 0.1) is 4.47 Å². The molecule has 0 atom stereocenters. The Morgan fingerprint density at radius 2 is 2.06 bits per heavy atom. The zero-order valence-electron chi connectivity index (χ0n) is 8.95. The van der Waals surface area contributed by atoms with Gasteiger partial charge in [0.15, 0.2) is 0 Å². The monoisotopic (exact) mass is 355 g/mol. The van der Waals surface area contributed by atoms with Gasteiger partial charge in [-0.25, -0.2) is 4.98 Å². The van der Waals surface area contributed by atoms with Crippen molar-refractivity contribution in [2.45, 2.75) is 6.54 Å². The van der Waals surface area contributed by atoms with Crippen molar-refractivity contribution in [1.82, 2.24) is 4.98 Å². The van der Waals surface area contributed by atoms with Crippen LogP contribution in [0.5, 0.6) is 0 Å². The average molecular weight is 357 g/mol. The summed E-state index contributed by atoms with van der Waals surface area (Å²) in [6.07, 6.45) is 1.76. The number of nitrogens with two attached hydrogens (primary N) is 1. The van der Waals surface area contributed by atoms with Crippen LogP contribution in [0.15, 0.2) is 45.5 Å². The highest BCUT2D eigenvalue weighted by Crippen LogP contribution is 2.23. The summed E-state index contributed by atoms with van der Waals surface area (Å²) < 4.78 is 1.87. The topological polar surface area (TPSA) is 50.9 Å². The molecule has 1 aromatic carbocycles. The van der Waals surface area contributed by atoms with Crippen molar-refractivity contribution in [3.8, 4) is 0 Å². The Balaban J connectivity index is 2.07. The summed E-state index contributed by atoms with van der Waals surface area (Å²) in [6.45, 7) is 0.693. The van der Waals surface area contributed by atoms with Crippen LogP contribution in [-0.4, -0.2) is 4.98 Å². The summed E-state index contributed by atoms with van der Waals surface area (Å²) in [5.74, 6) is 0.815. The minimum absolute atomic E-state index is 0.693. The maximum absolute atomic E-state index is 5.72. The molecule has 0 fully saturated rings. The molecular formula is C12H11Br2N3. The number of pyridine rings is 1. The zero-order chi connectivity index (χ0) is 12.3. The molecule has 3 N–H and O–H groups in total. The first-order valence-electron chi connectivity index (χ1n) is 5.04. The molecule has 0 unspecified atom stereocenters. The number of nitrogen functional groups attached to an aromatic ring is 1. The van der Waals surface area contributed by atoms with E-state index in [1.165, 1.54) is 0 Å². The van der Waals surface area contributed by atoms with Gasteiger partial charge in [-0.05, 0) is 55.6 Å². The molecule has 2 rings (SSSR count). The fraction of sp³-hybridized carbons (Fsp3) is 0.0833. The van der Waals surface area contributed by atoms with Crippen LogP contribution in [0.25, 0.3) is 0 Å². The minimum Gasteiger partial charge on any atom is -0.399 e. The van der Waals surface area contributed by atoms with E-state index >= 15 is 0 Å². The van der Waals surface area contributed by atoms with Gasteiger partial charge in [0.25, 0.3) is 0 Å². The average Bonchev–Trinajstić information content (AvgIpc) is 2.28. The van der Waals surface area contributed by atoms with Crippen LogP contribution in [0.2, 0.25) is 0 Å². The van der Waals surface area contributed by atoms with Gasteiger partial charge in [-0.3, -0.25) is 0 Å². The van der Waals surface area contributed by atoms with E-state index in [0.29, 0.717) is 6.54 Å². The molecule has 0 aliphatic rings. The van der Waals surface area contributed by atoms with Crippen LogP contribution in [0.4, 0.5) is 11.5 Å². The molecular weight excluding hydrogens is 346 g/mol. The summed E-state index contributed by atoms with van der Waals surface area (Å²) in [5.41, 5.74) is 7.62. The van der Waals surface area contributed by atoms with Crippen molar-refractivity contribution in [3.63, 3.8) is 0 Å². The van der Waals surface area contributed by atoms with Gasteiger partial charge in [0, 0.05) is 22.9 Å². The van der Waals surface area contributed by atoms with Crippen molar-refractivity contribution in [2.75, 3.05) is 11.1 Å². The summed E-state index contributed by atoms with van der Waals surface area (Å²) in [5, 5.41) is 3.25. The second kappa shape index (κ2) is 5.51. The smallest absolute Gasteiger partial charge is 0.140 e. The highest BCUT2D eigenvalue weighted by Gasteiger charge is 2.02. The molecule has 17 heavy (non-hydrogen) atoms. The molecule has 0 aliphatic carbocycles. The Morgan fingerprint density at radius 1 is 1.24 bits per heavy atom. The third kappa shape index (κ3) is 3.44. The molecule has 3 nitrogen and oxygen atoms in total. The zero-order valence-corrected chi connectivity index (χ0v) is 12.1. The number of hydrogen-bond acceptors (Lipinski definition) is 3. The third-order valence-corrected chi connectivity index (χ3v) is 3.26. The first kappa shape index (κ1) is 12.4. The van der Waals surface area contributed by atoms with Crippen molar-refractivity contribution in [1.29, 1.82) is 0 Å². The van der Waals surface area contributed by atoms with E-state index in [9.17, 15) is 0 Å². The number of halogens is 2. The summed E-state index contributed by atoms with van der Waals surface area (Å²) in [4.78, 5) is 4.28.